The van der Waals surface area contributed by atoms with Gasteiger partial charge in [-0.25, -0.2) is 19.3 Å². The topological polar surface area (TPSA) is 67.8 Å². The highest BCUT2D eigenvalue weighted by Gasteiger charge is 2.13. The summed E-state index contributed by atoms with van der Waals surface area (Å²) in [6.45, 7) is 0. The first-order chi connectivity index (χ1) is 8.56. The number of aromatic nitrogens is 3. The lowest BCUT2D eigenvalue weighted by atomic mass is 10.2. The van der Waals surface area contributed by atoms with Crippen LogP contribution in [0.15, 0.2) is 24.5 Å². The van der Waals surface area contributed by atoms with E-state index in [4.69, 9.17) is 23.2 Å². The fourth-order valence-electron chi connectivity index (χ4n) is 1.17. The van der Waals surface area contributed by atoms with Gasteiger partial charge in [0, 0.05) is 6.20 Å². The van der Waals surface area contributed by atoms with E-state index in [0.29, 0.717) is 0 Å². The van der Waals surface area contributed by atoms with E-state index < -0.39 is 11.7 Å². The van der Waals surface area contributed by atoms with E-state index in [1.165, 1.54) is 12.3 Å². The monoisotopic (exact) mass is 286 g/mol. The van der Waals surface area contributed by atoms with Gasteiger partial charge in [-0.3, -0.25) is 4.79 Å². The first-order valence-electron chi connectivity index (χ1n) is 4.67. The van der Waals surface area contributed by atoms with E-state index in [0.717, 1.165) is 12.3 Å². The van der Waals surface area contributed by atoms with Crippen LogP contribution in [0.3, 0.4) is 0 Å². The number of nitrogens with one attached hydrogen (secondary N) is 1. The van der Waals surface area contributed by atoms with Crippen LogP contribution in [0.25, 0.3) is 0 Å². The molecule has 0 atom stereocenters. The van der Waals surface area contributed by atoms with E-state index in [1.807, 2.05) is 0 Å². The zero-order valence-corrected chi connectivity index (χ0v) is 10.2. The summed E-state index contributed by atoms with van der Waals surface area (Å²) in [5.74, 6) is -1.12. The summed E-state index contributed by atoms with van der Waals surface area (Å²) in [5, 5.41) is 2.28. The zero-order chi connectivity index (χ0) is 13.1. The molecule has 1 N–H and O–H groups in total. The lowest BCUT2D eigenvalue weighted by Gasteiger charge is -2.05. The zero-order valence-electron chi connectivity index (χ0n) is 8.69. The Morgan fingerprint density at radius 3 is 2.83 bits per heavy atom. The van der Waals surface area contributed by atoms with Gasteiger partial charge < -0.3 is 5.32 Å². The number of amides is 1. The molecule has 0 fully saturated rings. The summed E-state index contributed by atoms with van der Waals surface area (Å²) in [6, 6.07) is 2.41. The molecule has 92 valence electrons. The van der Waals surface area contributed by atoms with Crippen molar-refractivity contribution in [2.45, 2.75) is 0 Å². The molecule has 2 heterocycles. The van der Waals surface area contributed by atoms with Crippen LogP contribution >= 0.6 is 23.2 Å². The molecule has 1 amide bonds. The highest BCUT2D eigenvalue weighted by atomic mass is 35.5. The number of carbonyl (C=O) groups excluding carboxylic acids is 1. The molecule has 0 saturated heterocycles. The summed E-state index contributed by atoms with van der Waals surface area (Å²) in [5.41, 5.74) is -0.0913. The van der Waals surface area contributed by atoms with Crippen molar-refractivity contribution >= 4 is 34.9 Å². The van der Waals surface area contributed by atoms with Crippen molar-refractivity contribution in [3.05, 3.63) is 46.3 Å². The van der Waals surface area contributed by atoms with Crippen molar-refractivity contribution in [1.29, 1.82) is 0 Å². The maximum Gasteiger partial charge on any atom is 0.260 e. The van der Waals surface area contributed by atoms with Crippen LogP contribution in [-0.2, 0) is 0 Å². The number of rotatable bonds is 2. The molecule has 0 aliphatic rings. The Balaban J connectivity index is 2.24. The predicted molar refractivity (Wildman–Crippen MR) is 64.2 cm³/mol. The van der Waals surface area contributed by atoms with Crippen molar-refractivity contribution in [2.24, 2.45) is 0 Å². The van der Waals surface area contributed by atoms with Gasteiger partial charge >= 0.3 is 0 Å². The Morgan fingerprint density at radius 1 is 1.33 bits per heavy atom. The van der Waals surface area contributed by atoms with Gasteiger partial charge in [-0.1, -0.05) is 11.6 Å². The summed E-state index contributed by atoms with van der Waals surface area (Å²) < 4.78 is 13.0. The molecule has 0 aliphatic carbocycles. The maximum atomic E-state index is 13.0. The minimum atomic E-state index is -0.662. The molecular weight excluding hydrogens is 282 g/mol. The van der Waals surface area contributed by atoms with Crippen LogP contribution in [0.2, 0.25) is 10.4 Å². The predicted octanol–water partition coefficient (Wildman–Crippen LogP) is 2.57. The molecule has 8 heteroatoms. The highest BCUT2D eigenvalue weighted by Crippen LogP contribution is 2.15. The quantitative estimate of drug-likeness (QED) is 0.681. The molecule has 0 saturated carbocycles. The number of halogens is 3. The molecule has 18 heavy (non-hydrogen) atoms. The summed E-state index contributed by atoms with van der Waals surface area (Å²) in [6.07, 6.45) is 2.29. The first kappa shape index (κ1) is 12.7. The minimum Gasteiger partial charge on any atom is -0.306 e. The van der Waals surface area contributed by atoms with Crippen LogP contribution < -0.4 is 5.32 Å². The van der Waals surface area contributed by atoms with Crippen LogP contribution in [0, 0.1) is 5.82 Å². The van der Waals surface area contributed by atoms with E-state index in [9.17, 15) is 9.18 Å². The Hall–Kier alpha value is -1.79. The summed E-state index contributed by atoms with van der Waals surface area (Å²) in [7, 11) is 0. The average Bonchev–Trinajstić information content (AvgIpc) is 2.32. The van der Waals surface area contributed by atoms with Gasteiger partial charge in [-0.05, 0) is 23.7 Å². The van der Waals surface area contributed by atoms with Gasteiger partial charge in [-0.15, -0.1) is 0 Å². The Labute approximate surface area is 111 Å². The van der Waals surface area contributed by atoms with Crippen molar-refractivity contribution in [1.82, 2.24) is 15.0 Å². The molecule has 0 aliphatic heterocycles. The lowest BCUT2D eigenvalue weighted by Crippen LogP contribution is -2.14. The maximum absolute atomic E-state index is 13.0. The average molecular weight is 287 g/mol. The Morgan fingerprint density at radius 2 is 2.11 bits per heavy atom. The summed E-state index contributed by atoms with van der Waals surface area (Å²) in [4.78, 5) is 22.7. The second-order valence-electron chi connectivity index (χ2n) is 3.16. The van der Waals surface area contributed by atoms with Gasteiger partial charge in [0.05, 0.1) is 11.8 Å². The fraction of sp³-hybridized carbons (Fsp3) is 0. The number of hydrogen-bond donors (Lipinski definition) is 1. The second-order valence-corrected chi connectivity index (χ2v) is 3.85. The largest absolute Gasteiger partial charge is 0.306 e. The standard InChI is InChI=1S/C10H5Cl2FN4O/c11-8-6(3-5(13)4-15-8)9(18)16-7-1-2-14-10(12)17-7/h1-4H,(H,14,16,17,18). The van der Waals surface area contributed by atoms with E-state index in [-0.39, 0.29) is 21.8 Å². The third-order valence-corrected chi connectivity index (χ3v) is 2.40. The molecule has 0 bridgehead atoms. The van der Waals surface area contributed by atoms with E-state index in [2.05, 4.69) is 20.3 Å². The van der Waals surface area contributed by atoms with Crippen molar-refractivity contribution in [3.8, 4) is 0 Å². The van der Waals surface area contributed by atoms with Crippen molar-refractivity contribution in [3.63, 3.8) is 0 Å². The molecule has 2 aromatic rings. The van der Waals surface area contributed by atoms with Gasteiger partial charge in [0.15, 0.2) is 0 Å². The molecule has 5 nitrogen and oxygen atoms in total. The molecule has 2 aromatic heterocycles. The van der Waals surface area contributed by atoms with Gasteiger partial charge in [0.2, 0.25) is 5.28 Å². The fourth-order valence-corrected chi connectivity index (χ4v) is 1.51. The second kappa shape index (κ2) is 5.24. The minimum absolute atomic E-state index is 0.0173. The number of anilines is 1. The van der Waals surface area contributed by atoms with Gasteiger partial charge in [-0.2, -0.15) is 0 Å². The van der Waals surface area contributed by atoms with E-state index in [1.54, 1.807) is 0 Å². The lowest BCUT2D eigenvalue weighted by molar-refractivity contribution is 0.102. The van der Waals surface area contributed by atoms with Crippen LogP contribution in [0.1, 0.15) is 10.4 Å². The van der Waals surface area contributed by atoms with Gasteiger partial charge in [0.25, 0.3) is 5.91 Å². The molecule has 0 spiro atoms. The van der Waals surface area contributed by atoms with Crippen LogP contribution in [-0.4, -0.2) is 20.9 Å². The van der Waals surface area contributed by atoms with E-state index >= 15 is 0 Å². The number of hydrogen-bond acceptors (Lipinski definition) is 4. The highest BCUT2D eigenvalue weighted by molar-refractivity contribution is 6.33. The molecule has 0 aromatic carbocycles. The van der Waals surface area contributed by atoms with Crippen LogP contribution in [0.5, 0.6) is 0 Å². The van der Waals surface area contributed by atoms with Gasteiger partial charge in [0.1, 0.15) is 16.8 Å². The third-order valence-electron chi connectivity index (χ3n) is 1.92. The number of nitrogens with zero attached hydrogens (tertiary/aromatic N) is 3. The number of pyridine rings is 1. The first-order valence-corrected chi connectivity index (χ1v) is 5.43. The smallest absolute Gasteiger partial charge is 0.260 e. The van der Waals surface area contributed by atoms with Crippen molar-refractivity contribution in [2.75, 3.05) is 5.32 Å². The Bertz CT molecular complexity index is 608. The molecule has 0 radical (unpaired) electrons. The molecular formula is C10H5Cl2FN4O. The normalized spacial score (nSPS) is 10.2. The Kier molecular flexibility index (Phi) is 3.69. The van der Waals surface area contributed by atoms with Crippen LogP contribution in [0.4, 0.5) is 10.2 Å². The number of carbonyl (C=O) groups is 1. The van der Waals surface area contributed by atoms with Crippen molar-refractivity contribution < 1.29 is 9.18 Å². The third kappa shape index (κ3) is 2.91. The molecule has 2 rings (SSSR count). The SMILES string of the molecule is O=C(Nc1ccnc(Cl)n1)c1cc(F)cnc1Cl. The summed E-state index contributed by atoms with van der Waals surface area (Å²) >= 11 is 11.3. The molecule has 0 unspecified atom stereocenters.